The molecule has 0 aromatic rings. The van der Waals surface area contributed by atoms with Gasteiger partial charge in [0.25, 0.3) is 0 Å². The summed E-state index contributed by atoms with van der Waals surface area (Å²) in [5.41, 5.74) is 5.01. The Hall–Kier alpha value is -1.30. The van der Waals surface area contributed by atoms with Crippen LogP contribution in [0.2, 0.25) is 0 Å². The van der Waals surface area contributed by atoms with Crippen molar-refractivity contribution in [3.05, 3.63) is 0 Å². The van der Waals surface area contributed by atoms with Crippen molar-refractivity contribution in [3.63, 3.8) is 0 Å². The summed E-state index contributed by atoms with van der Waals surface area (Å²) >= 11 is 0. The molecule has 0 bridgehead atoms. The second kappa shape index (κ2) is 6.43. The molecule has 2 unspecified atom stereocenters. The lowest BCUT2D eigenvalue weighted by molar-refractivity contribution is -0.130. The molecular weight excluding hydrogens is 258 g/mol. The molecule has 6 nitrogen and oxygen atoms in total. The van der Waals surface area contributed by atoms with Crippen LogP contribution in [0.15, 0.2) is 5.16 Å². The first kappa shape index (κ1) is 15.1. The predicted octanol–water partition coefficient (Wildman–Crippen LogP) is 1.37. The topological polar surface area (TPSA) is 96.9 Å². The van der Waals surface area contributed by atoms with Gasteiger partial charge in [0, 0.05) is 12.6 Å². The van der Waals surface area contributed by atoms with Crippen LogP contribution in [0.25, 0.3) is 0 Å². The first-order valence-electron chi connectivity index (χ1n) is 7.49. The van der Waals surface area contributed by atoms with Crippen molar-refractivity contribution in [3.8, 4) is 0 Å². The molecule has 6 heteroatoms. The minimum atomic E-state index is -0.825. The number of amidine groups is 1. The average molecular weight is 283 g/mol. The van der Waals surface area contributed by atoms with Gasteiger partial charge in [-0.15, -0.1) is 0 Å². The molecule has 1 amide bonds. The predicted molar refractivity (Wildman–Crippen MR) is 75.5 cm³/mol. The Morgan fingerprint density at radius 2 is 2.10 bits per heavy atom. The summed E-state index contributed by atoms with van der Waals surface area (Å²) in [6.45, 7) is 2.68. The Labute approximate surface area is 119 Å². The lowest BCUT2D eigenvalue weighted by Gasteiger charge is -2.37. The summed E-state index contributed by atoms with van der Waals surface area (Å²) in [5.74, 6) is -0.0404. The molecule has 1 aliphatic carbocycles. The number of hydrogen-bond acceptors (Lipinski definition) is 4. The van der Waals surface area contributed by atoms with E-state index in [4.69, 9.17) is 15.7 Å². The zero-order valence-corrected chi connectivity index (χ0v) is 12.1. The highest BCUT2D eigenvalue weighted by molar-refractivity contribution is 6.06. The lowest BCUT2D eigenvalue weighted by Crippen LogP contribution is -2.54. The monoisotopic (exact) mass is 283 g/mol. The van der Waals surface area contributed by atoms with Crippen LogP contribution in [0.5, 0.6) is 0 Å². The Morgan fingerprint density at radius 1 is 1.40 bits per heavy atom. The van der Waals surface area contributed by atoms with Crippen LogP contribution < -0.4 is 11.1 Å². The summed E-state index contributed by atoms with van der Waals surface area (Å²) in [7, 11) is 0. The van der Waals surface area contributed by atoms with Gasteiger partial charge >= 0.3 is 0 Å². The minimum absolute atomic E-state index is 0.0507. The molecule has 0 aromatic carbocycles. The van der Waals surface area contributed by atoms with Gasteiger partial charge in [-0.2, -0.15) is 0 Å². The number of nitrogens with zero attached hydrogens (tertiary/aromatic N) is 1. The van der Waals surface area contributed by atoms with Gasteiger partial charge in [-0.25, -0.2) is 0 Å². The molecule has 114 valence electrons. The van der Waals surface area contributed by atoms with Crippen molar-refractivity contribution in [2.45, 2.75) is 64.0 Å². The summed E-state index contributed by atoms with van der Waals surface area (Å²) in [4.78, 5) is 12.7. The zero-order valence-electron chi connectivity index (χ0n) is 12.1. The van der Waals surface area contributed by atoms with Crippen LogP contribution >= 0.6 is 0 Å². The van der Waals surface area contributed by atoms with Crippen molar-refractivity contribution < 1.29 is 14.7 Å². The van der Waals surface area contributed by atoms with Gasteiger partial charge in [0.05, 0.1) is 6.10 Å². The van der Waals surface area contributed by atoms with E-state index >= 15 is 0 Å². The molecule has 2 rings (SSSR count). The van der Waals surface area contributed by atoms with Crippen LogP contribution in [0.1, 0.15) is 51.9 Å². The number of carbonyl (C=O) groups excluding carboxylic acids is 1. The van der Waals surface area contributed by atoms with Gasteiger partial charge in [0.15, 0.2) is 5.84 Å². The smallest absolute Gasteiger partial charge is 0.234 e. The summed E-state index contributed by atoms with van der Waals surface area (Å²) in [5, 5.41) is 15.2. The van der Waals surface area contributed by atoms with E-state index in [2.05, 4.69) is 10.5 Å². The maximum atomic E-state index is 12.7. The third-order valence-corrected chi connectivity index (χ3v) is 4.56. The number of hydrogen-bond donors (Lipinski definition) is 3. The van der Waals surface area contributed by atoms with Gasteiger partial charge in [-0.3, -0.25) is 4.79 Å². The second-order valence-corrected chi connectivity index (χ2v) is 6.00. The van der Waals surface area contributed by atoms with Crippen molar-refractivity contribution in [2.75, 3.05) is 6.61 Å². The fraction of sp³-hybridized carbons (Fsp3) is 0.857. The number of ether oxygens (including phenoxy) is 1. The molecule has 2 fully saturated rings. The molecule has 0 aromatic heterocycles. The van der Waals surface area contributed by atoms with E-state index in [1.165, 1.54) is 0 Å². The SMILES string of the molecule is CC1CC(NC(=O)C2(C(N)=NO)CCCCC2)CCO1. The molecule has 1 heterocycles. The molecular formula is C14H25N3O3. The number of nitrogens with two attached hydrogens (primary N) is 1. The zero-order chi connectivity index (χ0) is 14.6. The molecule has 1 aliphatic heterocycles. The van der Waals surface area contributed by atoms with Gasteiger partial charge in [-0.05, 0) is 32.6 Å². The highest BCUT2D eigenvalue weighted by atomic mass is 16.5. The summed E-state index contributed by atoms with van der Waals surface area (Å²) in [6, 6.07) is 0.122. The Balaban J connectivity index is 2.07. The fourth-order valence-electron chi connectivity index (χ4n) is 3.30. The Bertz CT molecular complexity index is 378. The van der Waals surface area contributed by atoms with Crippen LogP contribution in [-0.4, -0.2) is 35.7 Å². The number of nitrogens with one attached hydrogen (secondary N) is 1. The highest BCUT2D eigenvalue weighted by Gasteiger charge is 2.44. The molecule has 2 atom stereocenters. The summed E-state index contributed by atoms with van der Waals surface area (Å²) < 4.78 is 5.49. The van der Waals surface area contributed by atoms with Crippen LogP contribution in [0.4, 0.5) is 0 Å². The van der Waals surface area contributed by atoms with Crippen molar-refractivity contribution >= 4 is 11.7 Å². The molecule has 4 N–H and O–H groups in total. The van der Waals surface area contributed by atoms with Crippen LogP contribution in [0, 0.1) is 5.41 Å². The van der Waals surface area contributed by atoms with Crippen LogP contribution in [0.3, 0.4) is 0 Å². The first-order valence-corrected chi connectivity index (χ1v) is 7.49. The molecule has 0 spiro atoms. The van der Waals surface area contributed by atoms with E-state index in [9.17, 15) is 4.79 Å². The van der Waals surface area contributed by atoms with E-state index in [1.807, 2.05) is 6.92 Å². The third kappa shape index (κ3) is 3.06. The standard InChI is InChI=1S/C14H25N3O3/c1-10-9-11(5-8-20-10)16-13(18)14(12(15)17-19)6-3-2-4-7-14/h10-11,19H,2-9H2,1H3,(H2,15,17)(H,16,18). The molecule has 0 radical (unpaired) electrons. The van der Waals surface area contributed by atoms with Gasteiger partial charge in [-0.1, -0.05) is 24.4 Å². The number of carbonyl (C=O) groups is 1. The molecule has 20 heavy (non-hydrogen) atoms. The van der Waals surface area contributed by atoms with Gasteiger partial charge in [0.2, 0.25) is 5.91 Å². The maximum Gasteiger partial charge on any atom is 0.234 e. The van der Waals surface area contributed by atoms with Crippen molar-refractivity contribution in [1.82, 2.24) is 5.32 Å². The minimum Gasteiger partial charge on any atom is -0.409 e. The van der Waals surface area contributed by atoms with Crippen molar-refractivity contribution in [2.24, 2.45) is 16.3 Å². The molecule has 1 saturated heterocycles. The highest BCUT2D eigenvalue weighted by Crippen LogP contribution is 2.37. The third-order valence-electron chi connectivity index (χ3n) is 4.56. The summed E-state index contributed by atoms with van der Waals surface area (Å²) in [6.07, 6.45) is 6.10. The van der Waals surface area contributed by atoms with E-state index in [-0.39, 0.29) is 23.9 Å². The van der Waals surface area contributed by atoms with Crippen LogP contribution in [-0.2, 0) is 9.53 Å². The molecule has 1 saturated carbocycles. The normalized spacial score (nSPS) is 30.8. The van der Waals surface area contributed by atoms with E-state index in [1.54, 1.807) is 0 Å². The maximum absolute atomic E-state index is 12.7. The largest absolute Gasteiger partial charge is 0.409 e. The second-order valence-electron chi connectivity index (χ2n) is 6.00. The van der Waals surface area contributed by atoms with E-state index < -0.39 is 5.41 Å². The average Bonchev–Trinajstić information content (AvgIpc) is 2.47. The Kier molecular flexibility index (Phi) is 4.86. The number of rotatable bonds is 3. The Morgan fingerprint density at radius 3 is 2.70 bits per heavy atom. The lowest BCUT2D eigenvalue weighted by atomic mass is 9.72. The van der Waals surface area contributed by atoms with E-state index in [0.29, 0.717) is 19.4 Å². The van der Waals surface area contributed by atoms with Gasteiger partial charge in [0.1, 0.15) is 5.41 Å². The first-order chi connectivity index (χ1) is 9.58. The fourth-order valence-corrected chi connectivity index (χ4v) is 3.30. The molecule has 2 aliphatic rings. The number of oxime groups is 1. The van der Waals surface area contributed by atoms with Crippen molar-refractivity contribution in [1.29, 1.82) is 0 Å². The quantitative estimate of drug-likeness (QED) is 0.315. The van der Waals surface area contributed by atoms with Gasteiger partial charge < -0.3 is 21.0 Å². The number of amides is 1. The van der Waals surface area contributed by atoms with E-state index in [0.717, 1.165) is 32.1 Å².